The van der Waals surface area contributed by atoms with Gasteiger partial charge in [0, 0.05) is 36.5 Å². The molecule has 0 saturated heterocycles. The quantitative estimate of drug-likeness (QED) is 0.309. The van der Waals surface area contributed by atoms with E-state index in [1.165, 1.54) is 47.4 Å². The molecule has 2 aromatic rings. The molecule has 1 amide bonds. The maximum Gasteiger partial charge on any atom is 0.331 e. The molecule has 1 heterocycles. The number of para-hydroxylation sites is 1. The fraction of sp³-hybridized carbons (Fsp3) is 0.200. The van der Waals surface area contributed by atoms with Gasteiger partial charge in [-0.3, -0.25) is 25.0 Å². The molecule has 1 aliphatic heterocycles. The molecule has 0 radical (unpaired) electrons. The van der Waals surface area contributed by atoms with Gasteiger partial charge >= 0.3 is 5.97 Å². The van der Waals surface area contributed by atoms with E-state index in [0.29, 0.717) is 30.6 Å². The number of non-ortho nitro benzene ring substituents is 1. The van der Waals surface area contributed by atoms with Crippen molar-refractivity contribution in [2.24, 2.45) is 0 Å². The zero-order valence-corrected chi connectivity index (χ0v) is 15.7. The van der Waals surface area contributed by atoms with E-state index in [1.807, 2.05) is 0 Å². The lowest BCUT2D eigenvalue weighted by Gasteiger charge is -2.29. The van der Waals surface area contributed by atoms with Gasteiger partial charge in [0.05, 0.1) is 15.4 Å². The summed E-state index contributed by atoms with van der Waals surface area (Å²) in [5, 5.41) is 21.9. The molecule has 2 aromatic carbocycles. The number of esters is 1. The van der Waals surface area contributed by atoms with Crippen molar-refractivity contribution in [3.8, 4) is 0 Å². The summed E-state index contributed by atoms with van der Waals surface area (Å²) in [6, 6.07) is 10.2. The molecule has 30 heavy (non-hydrogen) atoms. The number of hydrogen-bond acceptors (Lipinski definition) is 7. The van der Waals surface area contributed by atoms with Gasteiger partial charge in [-0.25, -0.2) is 4.79 Å². The van der Waals surface area contributed by atoms with E-state index in [-0.39, 0.29) is 16.9 Å². The Bertz CT molecular complexity index is 1050. The fourth-order valence-electron chi connectivity index (χ4n) is 3.17. The number of ether oxygens (including phenoxy) is 1. The van der Waals surface area contributed by atoms with Crippen LogP contribution in [0.3, 0.4) is 0 Å². The zero-order chi connectivity index (χ0) is 21.7. The highest BCUT2D eigenvalue weighted by molar-refractivity contribution is 5.97. The van der Waals surface area contributed by atoms with Crippen LogP contribution in [0.4, 0.5) is 17.1 Å². The number of nitro groups is 2. The van der Waals surface area contributed by atoms with Crippen molar-refractivity contribution in [3.63, 3.8) is 0 Å². The van der Waals surface area contributed by atoms with E-state index in [4.69, 9.17) is 4.74 Å². The molecule has 0 saturated carbocycles. The summed E-state index contributed by atoms with van der Waals surface area (Å²) < 4.78 is 4.96. The van der Waals surface area contributed by atoms with Gasteiger partial charge in [-0.05, 0) is 36.6 Å². The highest BCUT2D eigenvalue weighted by Crippen LogP contribution is 2.30. The predicted octanol–water partition coefficient (Wildman–Crippen LogP) is 3.04. The van der Waals surface area contributed by atoms with E-state index in [0.717, 1.165) is 6.08 Å². The fourth-order valence-corrected chi connectivity index (χ4v) is 3.17. The highest BCUT2D eigenvalue weighted by Gasteiger charge is 2.25. The van der Waals surface area contributed by atoms with Gasteiger partial charge in [-0.1, -0.05) is 12.1 Å². The van der Waals surface area contributed by atoms with Gasteiger partial charge in [0.25, 0.3) is 17.3 Å². The number of anilines is 1. The van der Waals surface area contributed by atoms with Crippen molar-refractivity contribution < 1.29 is 24.2 Å². The lowest BCUT2D eigenvalue weighted by molar-refractivity contribution is -0.385. The number of rotatable bonds is 6. The van der Waals surface area contributed by atoms with Crippen LogP contribution >= 0.6 is 0 Å². The molecule has 0 atom stereocenters. The molecule has 154 valence electrons. The molecule has 1 aliphatic rings. The van der Waals surface area contributed by atoms with E-state index >= 15 is 0 Å². The smallest absolute Gasteiger partial charge is 0.331 e. The third-order valence-electron chi connectivity index (χ3n) is 4.56. The summed E-state index contributed by atoms with van der Waals surface area (Å²) >= 11 is 0. The third-order valence-corrected chi connectivity index (χ3v) is 4.56. The van der Waals surface area contributed by atoms with Crippen LogP contribution in [0, 0.1) is 20.2 Å². The number of benzene rings is 2. The summed E-state index contributed by atoms with van der Waals surface area (Å²) in [5.74, 6) is -1.28. The maximum atomic E-state index is 12.5. The second-order valence-corrected chi connectivity index (χ2v) is 6.48. The minimum Gasteiger partial charge on any atom is -0.452 e. The second kappa shape index (κ2) is 8.95. The van der Waals surface area contributed by atoms with Crippen LogP contribution in [0.25, 0.3) is 6.08 Å². The molecule has 10 nitrogen and oxygen atoms in total. The number of nitro benzene ring substituents is 2. The predicted molar refractivity (Wildman–Crippen MR) is 107 cm³/mol. The van der Waals surface area contributed by atoms with Crippen molar-refractivity contribution >= 4 is 35.0 Å². The maximum absolute atomic E-state index is 12.5. The standard InChI is InChI=1S/C20H17N3O7/c24-19(21-11-3-5-15-12-16(22(26)27)8-9-17(15)21)13-30-20(25)10-7-14-4-1-2-6-18(14)23(28)29/h1-2,4,6-10,12H,3,5,11,13H2/b10-7+. The molecule has 0 unspecified atom stereocenters. The van der Waals surface area contributed by atoms with Crippen LogP contribution in [0.15, 0.2) is 48.5 Å². The minimum atomic E-state index is -0.817. The van der Waals surface area contributed by atoms with Gasteiger partial charge in [0.2, 0.25) is 0 Å². The topological polar surface area (TPSA) is 133 Å². The Morgan fingerprint density at radius 2 is 1.87 bits per heavy atom. The first-order chi connectivity index (χ1) is 14.4. The van der Waals surface area contributed by atoms with Crippen LogP contribution in [-0.4, -0.2) is 34.9 Å². The van der Waals surface area contributed by atoms with E-state index < -0.39 is 28.3 Å². The minimum absolute atomic E-state index is 0.0466. The van der Waals surface area contributed by atoms with E-state index in [9.17, 15) is 29.8 Å². The molecule has 0 spiro atoms. The van der Waals surface area contributed by atoms with Crippen LogP contribution in [0.5, 0.6) is 0 Å². The Kier molecular flexibility index (Phi) is 6.16. The number of hydrogen-bond donors (Lipinski definition) is 0. The van der Waals surface area contributed by atoms with Crippen LogP contribution in [0.1, 0.15) is 17.5 Å². The molecule has 0 fully saturated rings. The Labute approximate surface area is 170 Å². The number of amides is 1. The highest BCUT2D eigenvalue weighted by atomic mass is 16.6. The molecular formula is C20H17N3O7. The number of nitrogens with zero attached hydrogens (tertiary/aromatic N) is 3. The Morgan fingerprint density at radius 1 is 1.10 bits per heavy atom. The van der Waals surface area contributed by atoms with Crippen LogP contribution < -0.4 is 4.90 Å². The van der Waals surface area contributed by atoms with Gasteiger partial charge in [0.1, 0.15) is 0 Å². The normalized spacial score (nSPS) is 13.0. The molecule has 3 rings (SSSR count). The van der Waals surface area contributed by atoms with Gasteiger partial charge in [-0.15, -0.1) is 0 Å². The van der Waals surface area contributed by atoms with Crippen LogP contribution in [0.2, 0.25) is 0 Å². The van der Waals surface area contributed by atoms with E-state index in [1.54, 1.807) is 6.07 Å². The van der Waals surface area contributed by atoms with Crippen molar-refractivity contribution in [2.45, 2.75) is 12.8 Å². The molecule has 0 aliphatic carbocycles. The molecule has 10 heteroatoms. The number of aryl methyl sites for hydroxylation is 1. The first-order valence-electron chi connectivity index (χ1n) is 9.03. The van der Waals surface area contributed by atoms with Crippen molar-refractivity contribution in [3.05, 3.63) is 79.9 Å². The van der Waals surface area contributed by atoms with Gasteiger partial charge in [-0.2, -0.15) is 0 Å². The molecular weight excluding hydrogens is 394 g/mol. The summed E-state index contributed by atoms with van der Waals surface area (Å²) in [6.07, 6.45) is 3.51. The third kappa shape index (κ3) is 4.66. The Morgan fingerprint density at radius 3 is 2.60 bits per heavy atom. The molecule has 0 N–H and O–H groups in total. The SMILES string of the molecule is O=C(/C=C/c1ccccc1[N+](=O)[O-])OCC(=O)N1CCCc2cc([N+](=O)[O-])ccc21. The Balaban J connectivity index is 1.63. The van der Waals surface area contributed by atoms with Gasteiger partial charge in [0.15, 0.2) is 6.61 Å². The average Bonchev–Trinajstić information content (AvgIpc) is 2.75. The Hall–Kier alpha value is -4.08. The summed E-state index contributed by atoms with van der Waals surface area (Å²) in [6.45, 7) is -0.107. The lowest BCUT2D eigenvalue weighted by atomic mass is 10.0. The molecule has 0 bridgehead atoms. The number of carbonyl (C=O) groups excluding carboxylic acids is 2. The first-order valence-corrected chi connectivity index (χ1v) is 9.03. The number of fused-ring (bicyclic) bond motifs is 1. The summed E-state index contributed by atoms with van der Waals surface area (Å²) in [7, 11) is 0. The lowest BCUT2D eigenvalue weighted by Crippen LogP contribution is -2.38. The van der Waals surface area contributed by atoms with Crippen LogP contribution in [-0.2, 0) is 20.7 Å². The summed E-state index contributed by atoms with van der Waals surface area (Å²) in [4.78, 5) is 46.7. The number of carbonyl (C=O) groups is 2. The van der Waals surface area contributed by atoms with Crippen molar-refractivity contribution in [1.29, 1.82) is 0 Å². The second-order valence-electron chi connectivity index (χ2n) is 6.48. The van der Waals surface area contributed by atoms with Gasteiger partial charge < -0.3 is 9.64 Å². The average molecular weight is 411 g/mol. The summed E-state index contributed by atoms with van der Waals surface area (Å²) in [5.41, 5.74) is 1.28. The van der Waals surface area contributed by atoms with Crippen molar-refractivity contribution in [1.82, 2.24) is 0 Å². The van der Waals surface area contributed by atoms with E-state index in [2.05, 4.69) is 0 Å². The van der Waals surface area contributed by atoms with Crippen molar-refractivity contribution in [2.75, 3.05) is 18.1 Å². The largest absolute Gasteiger partial charge is 0.452 e. The molecule has 0 aromatic heterocycles. The monoisotopic (exact) mass is 411 g/mol. The first kappa shape index (κ1) is 20.6. The zero-order valence-electron chi connectivity index (χ0n) is 15.7.